The van der Waals surface area contributed by atoms with E-state index in [4.69, 9.17) is 16.7 Å². The summed E-state index contributed by atoms with van der Waals surface area (Å²) in [5.74, 6) is -1.01. The van der Waals surface area contributed by atoms with E-state index in [1.165, 1.54) is 18.5 Å². The number of benzene rings is 1. The molecular formula is C12H8BrClN2O2. The Morgan fingerprint density at radius 3 is 2.83 bits per heavy atom. The minimum Gasteiger partial charge on any atom is -0.478 e. The van der Waals surface area contributed by atoms with Crippen molar-refractivity contribution < 1.29 is 9.90 Å². The molecule has 0 fully saturated rings. The number of carboxylic acids is 1. The number of carboxylic acid groups (broad SMARTS) is 1. The van der Waals surface area contributed by atoms with E-state index in [-0.39, 0.29) is 5.56 Å². The van der Waals surface area contributed by atoms with Gasteiger partial charge in [0, 0.05) is 16.4 Å². The highest BCUT2D eigenvalue weighted by Crippen LogP contribution is 2.28. The SMILES string of the molecule is O=C(O)c1ccncc1Nc1ccc(Br)c(Cl)c1. The molecule has 1 aromatic carbocycles. The van der Waals surface area contributed by atoms with Gasteiger partial charge in [0.15, 0.2) is 0 Å². The minimum atomic E-state index is -1.01. The summed E-state index contributed by atoms with van der Waals surface area (Å²) < 4.78 is 0.777. The number of nitrogens with zero attached hydrogens (tertiary/aromatic N) is 1. The van der Waals surface area contributed by atoms with Gasteiger partial charge in [-0.3, -0.25) is 4.98 Å². The highest BCUT2D eigenvalue weighted by molar-refractivity contribution is 9.10. The van der Waals surface area contributed by atoms with Gasteiger partial charge in [0.1, 0.15) is 0 Å². The monoisotopic (exact) mass is 326 g/mol. The van der Waals surface area contributed by atoms with Crippen molar-refractivity contribution in [3.05, 3.63) is 51.7 Å². The van der Waals surface area contributed by atoms with Crippen LogP contribution in [0.5, 0.6) is 0 Å². The maximum Gasteiger partial charge on any atom is 0.337 e. The number of aromatic carboxylic acids is 1. The first kappa shape index (κ1) is 12.9. The number of rotatable bonds is 3. The third-order valence-corrected chi connectivity index (χ3v) is 3.48. The van der Waals surface area contributed by atoms with Crippen LogP contribution < -0.4 is 5.32 Å². The topological polar surface area (TPSA) is 62.2 Å². The van der Waals surface area contributed by atoms with Gasteiger partial charge in [0.25, 0.3) is 0 Å². The van der Waals surface area contributed by atoms with E-state index in [1.54, 1.807) is 18.2 Å². The molecule has 0 saturated carbocycles. The quantitative estimate of drug-likeness (QED) is 0.896. The molecule has 92 valence electrons. The van der Waals surface area contributed by atoms with Gasteiger partial charge in [0.2, 0.25) is 0 Å². The fourth-order valence-electron chi connectivity index (χ4n) is 1.41. The van der Waals surface area contributed by atoms with E-state index < -0.39 is 5.97 Å². The molecule has 6 heteroatoms. The van der Waals surface area contributed by atoms with Crippen molar-refractivity contribution in [2.45, 2.75) is 0 Å². The lowest BCUT2D eigenvalue weighted by atomic mass is 10.2. The average Bonchev–Trinajstić information content (AvgIpc) is 2.34. The normalized spacial score (nSPS) is 10.1. The number of pyridine rings is 1. The van der Waals surface area contributed by atoms with Crippen molar-refractivity contribution in [3.8, 4) is 0 Å². The van der Waals surface area contributed by atoms with Crippen LogP contribution in [-0.4, -0.2) is 16.1 Å². The van der Waals surface area contributed by atoms with Gasteiger partial charge in [-0.15, -0.1) is 0 Å². The third-order valence-electron chi connectivity index (χ3n) is 2.25. The summed E-state index contributed by atoms with van der Waals surface area (Å²) in [6.45, 7) is 0. The van der Waals surface area contributed by atoms with Crippen molar-refractivity contribution in [2.24, 2.45) is 0 Å². The lowest BCUT2D eigenvalue weighted by molar-refractivity contribution is 0.0698. The van der Waals surface area contributed by atoms with Crippen LogP contribution in [0.4, 0.5) is 11.4 Å². The van der Waals surface area contributed by atoms with Crippen LogP contribution in [0.25, 0.3) is 0 Å². The van der Waals surface area contributed by atoms with Crippen molar-refractivity contribution in [1.82, 2.24) is 4.98 Å². The highest BCUT2D eigenvalue weighted by Gasteiger charge is 2.10. The van der Waals surface area contributed by atoms with Gasteiger partial charge in [-0.2, -0.15) is 0 Å². The Labute approximate surface area is 117 Å². The number of hydrogen-bond donors (Lipinski definition) is 2. The number of anilines is 2. The van der Waals surface area contributed by atoms with Gasteiger partial charge in [-0.05, 0) is 40.2 Å². The molecule has 0 atom stereocenters. The molecule has 1 aromatic heterocycles. The Bertz CT molecular complexity index is 604. The molecule has 4 nitrogen and oxygen atoms in total. The van der Waals surface area contributed by atoms with Gasteiger partial charge in [-0.1, -0.05) is 11.6 Å². The summed E-state index contributed by atoms with van der Waals surface area (Å²) in [5.41, 5.74) is 1.27. The number of nitrogens with one attached hydrogen (secondary N) is 1. The molecule has 18 heavy (non-hydrogen) atoms. The van der Waals surface area contributed by atoms with E-state index in [1.807, 2.05) is 0 Å². The summed E-state index contributed by atoms with van der Waals surface area (Å²) in [6.07, 6.45) is 2.89. The molecular weight excluding hydrogens is 320 g/mol. The second-order valence-corrected chi connectivity index (χ2v) is 4.74. The number of aromatic nitrogens is 1. The molecule has 0 aliphatic carbocycles. The maximum absolute atomic E-state index is 11.0. The van der Waals surface area contributed by atoms with Gasteiger partial charge in [0.05, 0.1) is 22.5 Å². The van der Waals surface area contributed by atoms with Crippen molar-refractivity contribution >= 4 is 44.9 Å². The fourth-order valence-corrected chi connectivity index (χ4v) is 1.84. The summed E-state index contributed by atoms with van der Waals surface area (Å²) in [4.78, 5) is 14.9. The first-order chi connectivity index (χ1) is 8.58. The molecule has 0 spiro atoms. The van der Waals surface area contributed by atoms with Crippen molar-refractivity contribution in [3.63, 3.8) is 0 Å². The molecule has 0 aliphatic rings. The van der Waals surface area contributed by atoms with Crippen LogP contribution in [0.3, 0.4) is 0 Å². The van der Waals surface area contributed by atoms with E-state index in [2.05, 4.69) is 26.2 Å². The number of carbonyl (C=O) groups is 1. The maximum atomic E-state index is 11.0. The summed E-state index contributed by atoms with van der Waals surface area (Å²) in [6, 6.07) is 6.70. The summed E-state index contributed by atoms with van der Waals surface area (Å²) in [5, 5.41) is 12.6. The zero-order chi connectivity index (χ0) is 13.1. The van der Waals surface area contributed by atoms with Crippen molar-refractivity contribution in [2.75, 3.05) is 5.32 Å². The van der Waals surface area contributed by atoms with Crippen LogP contribution >= 0.6 is 27.5 Å². The molecule has 2 rings (SSSR count). The van der Waals surface area contributed by atoms with Crippen LogP contribution in [0.1, 0.15) is 10.4 Å². The first-order valence-electron chi connectivity index (χ1n) is 4.97. The van der Waals surface area contributed by atoms with E-state index >= 15 is 0 Å². The van der Waals surface area contributed by atoms with Crippen LogP contribution in [-0.2, 0) is 0 Å². The Morgan fingerprint density at radius 2 is 2.17 bits per heavy atom. The number of halogens is 2. The number of hydrogen-bond acceptors (Lipinski definition) is 3. The Morgan fingerprint density at radius 1 is 1.39 bits per heavy atom. The van der Waals surface area contributed by atoms with Crippen LogP contribution in [0.15, 0.2) is 41.1 Å². The lowest BCUT2D eigenvalue weighted by Crippen LogP contribution is -2.03. The molecule has 0 aliphatic heterocycles. The van der Waals surface area contributed by atoms with E-state index in [9.17, 15) is 4.79 Å². The predicted octanol–water partition coefficient (Wildman–Crippen LogP) is 3.94. The van der Waals surface area contributed by atoms with Gasteiger partial charge >= 0.3 is 5.97 Å². The van der Waals surface area contributed by atoms with E-state index in [0.29, 0.717) is 16.4 Å². The molecule has 1 heterocycles. The second-order valence-electron chi connectivity index (χ2n) is 3.48. The van der Waals surface area contributed by atoms with Gasteiger partial charge < -0.3 is 10.4 Å². The zero-order valence-electron chi connectivity index (χ0n) is 9.02. The average molecular weight is 328 g/mol. The zero-order valence-corrected chi connectivity index (χ0v) is 11.4. The summed E-state index contributed by atoms with van der Waals surface area (Å²) >= 11 is 9.25. The molecule has 2 N–H and O–H groups in total. The van der Waals surface area contributed by atoms with Crippen LogP contribution in [0, 0.1) is 0 Å². The minimum absolute atomic E-state index is 0.157. The van der Waals surface area contributed by atoms with Crippen LogP contribution in [0.2, 0.25) is 5.02 Å². The standard InChI is InChI=1S/C12H8BrClN2O2/c13-9-2-1-7(5-10(9)14)16-11-6-15-4-3-8(11)12(17)18/h1-6,16H,(H,17,18). The smallest absolute Gasteiger partial charge is 0.337 e. The Kier molecular flexibility index (Phi) is 3.84. The largest absolute Gasteiger partial charge is 0.478 e. The van der Waals surface area contributed by atoms with E-state index in [0.717, 1.165) is 4.47 Å². The lowest BCUT2D eigenvalue weighted by Gasteiger charge is -2.09. The predicted molar refractivity (Wildman–Crippen MR) is 73.6 cm³/mol. The molecule has 0 radical (unpaired) electrons. The highest BCUT2D eigenvalue weighted by atomic mass is 79.9. The van der Waals surface area contributed by atoms with Gasteiger partial charge in [-0.25, -0.2) is 4.79 Å². The fraction of sp³-hybridized carbons (Fsp3) is 0. The second kappa shape index (κ2) is 5.37. The molecule has 2 aromatic rings. The molecule has 0 saturated heterocycles. The Hall–Kier alpha value is -1.59. The molecule has 0 amide bonds. The third kappa shape index (κ3) is 2.80. The first-order valence-corrected chi connectivity index (χ1v) is 6.14. The van der Waals surface area contributed by atoms with Crippen molar-refractivity contribution in [1.29, 1.82) is 0 Å². The summed E-state index contributed by atoms with van der Waals surface area (Å²) in [7, 11) is 0. The Balaban J connectivity index is 2.34. The molecule has 0 bridgehead atoms. The molecule has 0 unspecified atom stereocenters.